The minimum atomic E-state index is -4.32. The van der Waals surface area contributed by atoms with Gasteiger partial charge in [0.25, 0.3) is 0 Å². The topological polar surface area (TPSA) is 15.7 Å². The van der Waals surface area contributed by atoms with E-state index in [1.807, 2.05) is 11.9 Å². The van der Waals surface area contributed by atoms with E-state index in [0.29, 0.717) is 28.2 Å². The fraction of sp³-hybridized carbons (Fsp3) is 0.682. The molecule has 2 saturated carbocycles. The zero-order valence-electron chi connectivity index (χ0n) is 17.5. The molecule has 162 valence electrons. The first kappa shape index (κ1) is 22.5. The van der Waals surface area contributed by atoms with Crippen molar-refractivity contribution in [1.82, 2.24) is 9.80 Å². The van der Waals surface area contributed by atoms with Crippen LogP contribution in [-0.4, -0.2) is 60.2 Å². The minimum Gasteiger partial charge on any atom is -0.378 e. The molecular weight excluding hydrogens is 397 g/mol. The lowest BCUT2D eigenvalue weighted by Crippen LogP contribution is -2.40. The summed E-state index contributed by atoms with van der Waals surface area (Å²) < 4.78 is 44.4. The van der Waals surface area contributed by atoms with Crippen LogP contribution in [0.15, 0.2) is 24.3 Å². The first-order valence-corrected chi connectivity index (χ1v) is 10.8. The van der Waals surface area contributed by atoms with Gasteiger partial charge in [0.15, 0.2) is 0 Å². The van der Waals surface area contributed by atoms with Crippen molar-refractivity contribution in [2.24, 2.45) is 0 Å². The van der Waals surface area contributed by atoms with Crippen molar-refractivity contribution in [3.63, 3.8) is 0 Å². The third kappa shape index (κ3) is 5.50. The van der Waals surface area contributed by atoms with Gasteiger partial charge in [-0.05, 0) is 71.2 Å². The van der Waals surface area contributed by atoms with Crippen LogP contribution >= 0.6 is 12.2 Å². The molecule has 0 spiro atoms. The molecule has 0 heterocycles. The number of rotatable bonds is 7. The number of nitrogens with zero attached hydrogens (tertiary/aromatic N) is 2. The monoisotopic (exact) mass is 428 g/mol. The predicted octanol–water partition coefficient (Wildman–Crippen LogP) is 5.12. The Kier molecular flexibility index (Phi) is 6.91. The fourth-order valence-corrected chi connectivity index (χ4v) is 4.54. The number of hydrogen-bond donors (Lipinski definition) is 0. The number of halogens is 3. The second kappa shape index (κ2) is 8.90. The Morgan fingerprint density at radius 3 is 2.14 bits per heavy atom. The summed E-state index contributed by atoms with van der Waals surface area (Å²) in [6.45, 7) is 0.813. The molecule has 0 aromatic heterocycles. The maximum atomic E-state index is 12.7. The smallest absolute Gasteiger partial charge is 0.378 e. The molecule has 0 bridgehead atoms. The summed E-state index contributed by atoms with van der Waals surface area (Å²) in [6.07, 6.45) is 3.58. The van der Waals surface area contributed by atoms with Gasteiger partial charge < -0.3 is 14.5 Å². The average Bonchev–Trinajstić information content (AvgIpc) is 3.48. The molecule has 29 heavy (non-hydrogen) atoms. The van der Waals surface area contributed by atoms with Gasteiger partial charge in [0.2, 0.25) is 0 Å². The van der Waals surface area contributed by atoms with Crippen molar-refractivity contribution >= 4 is 17.2 Å². The highest BCUT2D eigenvalue weighted by molar-refractivity contribution is 7.80. The van der Waals surface area contributed by atoms with Crippen LogP contribution in [0.2, 0.25) is 0 Å². The molecule has 7 heteroatoms. The molecule has 0 saturated heterocycles. The molecule has 0 aliphatic heterocycles. The van der Waals surface area contributed by atoms with E-state index in [4.69, 9.17) is 17.0 Å². The lowest BCUT2D eigenvalue weighted by Gasteiger charge is -2.36. The summed E-state index contributed by atoms with van der Waals surface area (Å²) in [5, 5.41) is 0. The lowest BCUT2D eigenvalue weighted by molar-refractivity contribution is -0.137. The quantitative estimate of drug-likeness (QED) is 0.560. The van der Waals surface area contributed by atoms with Crippen LogP contribution in [0, 0.1) is 0 Å². The Balaban J connectivity index is 1.44. The lowest BCUT2D eigenvalue weighted by atomic mass is 9.91. The zero-order chi connectivity index (χ0) is 21.2. The Hall–Kier alpha value is -1.18. The van der Waals surface area contributed by atoms with Crippen LogP contribution in [0.1, 0.15) is 56.1 Å². The summed E-state index contributed by atoms with van der Waals surface area (Å²) in [6, 6.07) is 5.44. The Morgan fingerprint density at radius 2 is 1.66 bits per heavy atom. The molecule has 3 rings (SSSR count). The molecule has 1 aromatic carbocycles. The Bertz CT molecular complexity index is 693. The van der Waals surface area contributed by atoms with E-state index in [-0.39, 0.29) is 0 Å². The molecule has 3 nitrogen and oxygen atoms in total. The van der Waals surface area contributed by atoms with Gasteiger partial charge in [0.1, 0.15) is 4.99 Å². The summed E-state index contributed by atoms with van der Waals surface area (Å²) in [7, 11) is 6.24. The maximum absolute atomic E-state index is 12.7. The van der Waals surface area contributed by atoms with Crippen molar-refractivity contribution in [2.75, 3.05) is 27.7 Å². The normalized spacial score (nSPS) is 23.8. The minimum absolute atomic E-state index is 0.303. The van der Waals surface area contributed by atoms with Crippen LogP contribution in [0.5, 0.6) is 0 Å². The van der Waals surface area contributed by atoms with E-state index in [9.17, 15) is 13.2 Å². The molecule has 0 unspecified atom stereocenters. The van der Waals surface area contributed by atoms with Crippen LogP contribution < -0.4 is 0 Å². The SMILES string of the molecule is CN(C(=S)c1ccc(C(F)(F)F)cc1)C1CCC(OCCC2(N(C)C)CC2)CC1. The standard InChI is InChI=1S/C22H31F3N2OS/c1-26(2)21(12-13-21)14-15-28-19-10-8-18(9-11-19)27(3)20(29)16-4-6-17(7-5-16)22(23,24)25/h4-7,18-19H,8-15H2,1-3H3. The molecule has 1 aromatic rings. The van der Waals surface area contributed by atoms with Crippen LogP contribution in [0.4, 0.5) is 13.2 Å². The highest BCUT2D eigenvalue weighted by Gasteiger charge is 2.44. The molecular formula is C22H31F3N2OS. The average molecular weight is 429 g/mol. The number of thiocarbonyl (C=S) groups is 1. The molecule has 0 atom stereocenters. The first-order valence-electron chi connectivity index (χ1n) is 10.4. The van der Waals surface area contributed by atoms with Crippen molar-refractivity contribution in [1.29, 1.82) is 0 Å². The second-order valence-corrected chi connectivity index (χ2v) is 9.05. The second-order valence-electron chi connectivity index (χ2n) is 8.66. The molecule has 0 N–H and O–H groups in total. The van der Waals surface area contributed by atoms with E-state index in [1.165, 1.54) is 25.0 Å². The van der Waals surface area contributed by atoms with E-state index in [0.717, 1.165) is 50.8 Å². The van der Waals surface area contributed by atoms with Gasteiger partial charge in [-0.15, -0.1) is 0 Å². The third-order valence-corrected chi connectivity index (χ3v) is 7.19. The Morgan fingerprint density at radius 1 is 1.07 bits per heavy atom. The van der Waals surface area contributed by atoms with Crippen molar-refractivity contribution in [3.8, 4) is 0 Å². The maximum Gasteiger partial charge on any atom is 0.416 e. The van der Waals surface area contributed by atoms with Gasteiger partial charge in [-0.1, -0.05) is 24.4 Å². The largest absolute Gasteiger partial charge is 0.416 e. The van der Waals surface area contributed by atoms with Crippen LogP contribution in [0.3, 0.4) is 0 Å². The molecule has 2 aliphatic rings. The van der Waals surface area contributed by atoms with Gasteiger partial charge in [0.05, 0.1) is 11.7 Å². The highest BCUT2D eigenvalue weighted by Crippen LogP contribution is 2.43. The number of benzene rings is 1. The van der Waals surface area contributed by atoms with Gasteiger partial charge >= 0.3 is 6.18 Å². The predicted molar refractivity (Wildman–Crippen MR) is 113 cm³/mol. The van der Waals surface area contributed by atoms with Crippen molar-refractivity contribution < 1.29 is 17.9 Å². The van der Waals surface area contributed by atoms with Crippen molar-refractivity contribution in [2.45, 2.75) is 68.8 Å². The van der Waals surface area contributed by atoms with Crippen LogP contribution in [0.25, 0.3) is 0 Å². The summed E-state index contributed by atoms with van der Waals surface area (Å²) >= 11 is 5.54. The van der Waals surface area contributed by atoms with E-state index in [1.54, 1.807) is 0 Å². The molecule has 2 fully saturated rings. The molecule has 0 amide bonds. The van der Waals surface area contributed by atoms with Crippen molar-refractivity contribution in [3.05, 3.63) is 35.4 Å². The van der Waals surface area contributed by atoms with Crippen LogP contribution in [-0.2, 0) is 10.9 Å². The zero-order valence-corrected chi connectivity index (χ0v) is 18.3. The summed E-state index contributed by atoms with van der Waals surface area (Å²) in [5.74, 6) is 0. The number of alkyl halides is 3. The van der Waals surface area contributed by atoms with E-state index in [2.05, 4.69) is 19.0 Å². The van der Waals surface area contributed by atoms with E-state index < -0.39 is 11.7 Å². The first-order chi connectivity index (χ1) is 13.6. The van der Waals surface area contributed by atoms with Gasteiger partial charge in [-0.2, -0.15) is 13.2 Å². The Labute approximate surface area is 177 Å². The van der Waals surface area contributed by atoms with E-state index >= 15 is 0 Å². The van der Waals surface area contributed by atoms with Gasteiger partial charge in [-0.25, -0.2) is 0 Å². The number of hydrogen-bond acceptors (Lipinski definition) is 3. The van der Waals surface area contributed by atoms with Gasteiger partial charge in [0, 0.05) is 30.8 Å². The summed E-state index contributed by atoms with van der Waals surface area (Å²) in [5.41, 5.74) is 0.379. The molecule has 0 radical (unpaired) electrons. The summed E-state index contributed by atoms with van der Waals surface area (Å²) in [4.78, 5) is 4.97. The third-order valence-electron chi connectivity index (χ3n) is 6.67. The fourth-order valence-electron chi connectivity index (χ4n) is 4.25. The number of ether oxygens (including phenoxy) is 1. The molecule has 2 aliphatic carbocycles. The highest BCUT2D eigenvalue weighted by atomic mass is 32.1. The van der Waals surface area contributed by atoms with Gasteiger partial charge in [-0.3, -0.25) is 0 Å².